The smallest absolute Gasteiger partial charge is 0.154 e. The van der Waals surface area contributed by atoms with Gasteiger partial charge in [-0.3, -0.25) is 4.98 Å². The van der Waals surface area contributed by atoms with Crippen LogP contribution in [0.1, 0.15) is 6.92 Å². The average Bonchev–Trinajstić information content (AvgIpc) is 2.39. The summed E-state index contributed by atoms with van der Waals surface area (Å²) >= 11 is 0. The normalized spacial score (nSPS) is 22.1. The number of hydrogen-bond donors (Lipinski definition) is 1. The molecule has 1 aromatic heterocycles. The Morgan fingerprint density at radius 1 is 1.35 bits per heavy atom. The van der Waals surface area contributed by atoms with Crippen LogP contribution in [-0.4, -0.2) is 37.5 Å². The number of hydrogen-bond acceptors (Lipinski definition) is 5. The molecule has 2 heterocycles. The van der Waals surface area contributed by atoms with E-state index in [1.165, 1.54) is 0 Å². The summed E-state index contributed by atoms with van der Waals surface area (Å²) < 4.78 is 23.4. The van der Waals surface area contributed by atoms with Gasteiger partial charge in [0.2, 0.25) is 0 Å². The molecule has 0 bridgehead atoms. The van der Waals surface area contributed by atoms with E-state index in [-0.39, 0.29) is 17.5 Å². The van der Waals surface area contributed by atoms with E-state index >= 15 is 0 Å². The first kappa shape index (κ1) is 13.2. The summed E-state index contributed by atoms with van der Waals surface area (Å²) in [5.41, 5.74) is 8.46. The van der Waals surface area contributed by atoms with E-state index in [4.69, 9.17) is 5.73 Å². The molecule has 5 nitrogen and oxygen atoms in total. The van der Waals surface area contributed by atoms with Gasteiger partial charge in [-0.25, -0.2) is 8.42 Å². The van der Waals surface area contributed by atoms with E-state index in [9.17, 15) is 8.42 Å². The van der Waals surface area contributed by atoms with E-state index in [1.807, 2.05) is 31.2 Å². The van der Waals surface area contributed by atoms with Gasteiger partial charge in [0.25, 0.3) is 0 Å². The largest absolute Gasteiger partial charge is 0.396 e. The van der Waals surface area contributed by atoms with Crippen LogP contribution in [0.4, 0.5) is 11.4 Å². The maximum atomic E-state index is 11.7. The van der Waals surface area contributed by atoms with Crippen molar-refractivity contribution in [3.8, 4) is 0 Å². The van der Waals surface area contributed by atoms with Crippen molar-refractivity contribution in [1.82, 2.24) is 4.98 Å². The molecule has 1 aliphatic rings. The highest BCUT2D eigenvalue weighted by atomic mass is 32.2. The number of pyridine rings is 1. The highest BCUT2D eigenvalue weighted by Crippen LogP contribution is 2.33. The van der Waals surface area contributed by atoms with Crippen LogP contribution in [-0.2, 0) is 9.84 Å². The van der Waals surface area contributed by atoms with Crippen molar-refractivity contribution in [2.24, 2.45) is 0 Å². The Bertz CT molecular complexity index is 758. The van der Waals surface area contributed by atoms with Crippen LogP contribution < -0.4 is 10.6 Å². The fourth-order valence-corrected chi connectivity index (χ4v) is 4.35. The highest BCUT2D eigenvalue weighted by molar-refractivity contribution is 7.91. The molecule has 0 amide bonds. The Hall–Kier alpha value is -1.82. The molecule has 0 saturated carbocycles. The Morgan fingerprint density at radius 3 is 2.85 bits per heavy atom. The third-order valence-corrected chi connectivity index (χ3v) is 5.53. The van der Waals surface area contributed by atoms with Crippen LogP contribution in [0.3, 0.4) is 0 Å². The number of rotatable bonds is 1. The molecular formula is C14H17N3O2S. The lowest BCUT2D eigenvalue weighted by molar-refractivity contribution is 0.569. The van der Waals surface area contributed by atoms with Crippen LogP contribution in [0, 0.1) is 0 Å². The van der Waals surface area contributed by atoms with Crippen molar-refractivity contribution in [2.75, 3.05) is 28.7 Å². The third kappa shape index (κ3) is 2.20. The number of para-hydroxylation sites is 1. The first-order chi connectivity index (χ1) is 9.48. The number of fused-ring (bicyclic) bond motifs is 1. The topological polar surface area (TPSA) is 76.3 Å². The number of sulfone groups is 1. The van der Waals surface area contributed by atoms with E-state index in [1.54, 1.807) is 6.20 Å². The van der Waals surface area contributed by atoms with Gasteiger partial charge in [0.1, 0.15) is 0 Å². The number of nitrogen functional groups attached to an aromatic ring is 1. The number of anilines is 2. The number of benzene rings is 1. The predicted molar refractivity (Wildman–Crippen MR) is 81.6 cm³/mol. The van der Waals surface area contributed by atoms with Crippen molar-refractivity contribution < 1.29 is 8.42 Å². The molecule has 6 heteroatoms. The van der Waals surface area contributed by atoms with Crippen LogP contribution in [0.15, 0.2) is 30.5 Å². The van der Waals surface area contributed by atoms with Gasteiger partial charge in [0, 0.05) is 18.0 Å². The van der Waals surface area contributed by atoms with Crippen molar-refractivity contribution in [2.45, 2.75) is 13.0 Å². The van der Waals surface area contributed by atoms with Crippen LogP contribution in [0.25, 0.3) is 10.9 Å². The van der Waals surface area contributed by atoms with Gasteiger partial charge < -0.3 is 10.6 Å². The zero-order valence-electron chi connectivity index (χ0n) is 11.3. The zero-order valence-corrected chi connectivity index (χ0v) is 12.1. The number of aromatic nitrogens is 1. The Balaban J connectivity index is 2.13. The van der Waals surface area contributed by atoms with Gasteiger partial charge in [0.15, 0.2) is 9.84 Å². The van der Waals surface area contributed by atoms with Gasteiger partial charge in [-0.15, -0.1) is 0 Å². The van der Waals surface area contributed by atoms with E-state index in [0.29, 0.717) is 12.2 Å². The molecule has 0 radical (unpaired) electrons. The predicted octanol–water partition coefficient (Wildman–Crippen LogP) is 1.44. The van der Waals surface area contributed by atoms with E-state index in [0.717, 1.165) is 16.6 Å². The fraction of sp³-hybridized carbons (Fsp3) is 0.357. The summed E-state index contributed by atoms with van der Waals surface area (Å²) in [6.07, 6.45) is 1.65. The van der Waals surface area contributed by atoms with Gasteiger partial charge in [-0.1, -0.05) is 18.2 Å². The fourth-order valence-electron chi connectivity index (χ4n) is 2.79. The molecule has 2 N–H and O–H groups in total. The van der Waals surface area contributed by atoms with Gasteiger partial charge in [-0.05, 0) is 13.0 Å². The van der Waals surface area contributed by atoms with Crippen LogP contribution in [0.5, 0.6) is 0 Å². The summed E-state index contributed by atoms with van der Waals surface area (Å²) in [6, 6.07) is 7.70. The average molecular weight is 291 g/mol. The van der Waals surface area contributed by atoms with Gasteiger partial charge >= 0.3 is 0 Å². The van der Waals surface area contributed by atoms with Gasteiger partial charge in [0.05, 0.1) is 34.6 Å². The standard InChI is InChI=1S/C14H17N3O2S/c1-10-9-20(18,19)7-6-17(10)14-11-4-2-3-5-13(11)16-8-12(14)15/h2-5,8,10H,6-7,9,15H2,1H3. The highest BCUT2D eigenvalue weighted by Gasteiger charge is 2.30. The molecule has 1 fully saturated rings. The first-order valence-corrected chi connectivity index (χ1v) is 8.40. The molecule has 20 heavy (non-hydrogen) atoms. The Labute approximate surface area is 118 Å². The number of nitrogens with two attached hydrogens (primary N) is 1. The second-order valence-electron chi connectivity index (χ2n) is 5.24. The molecule has 1 atom stereocenters. The minimum Gasteiger partial charge on any atom is -0.396 e. The van der Waals surface area contributed by atoms with Crippen molar-refractivity contribution in [3.05, 3.63) is 30.5 Å². The summed E-state index contributed by atoms with van der Waals surface area (Å²) in [5.74, 6) is 0.344. The monoisotopic (exact) mass is 291 g/mol. The molecule has 1 aliphatic heterocycles. The van der Waals surface area contributed by atoms with Crippen molar-refractivity contribution >= 4 is 32.1 Å². The van der Waals surface area contributed by atoms with E-state index < -0.39 is 9.84 Å². The van der Waals surface area contributed by atoms with Crippen LogP contribution in [0.2, 0.25) is 0 Å². The summed E-state index contributed by atoms with van der Waals surface area (Å²) in [7, 11) is -2.94. The molecule has 2 aromatic rings. The molecule has 0 spiro atoms. The molecule has 1 unspecified atom stereocenters. The van der Waals surface area contributed by atoms with E-state index in [2.05, 4.69) is 9.88 Å². The molecular weight excluding hydrogens is 274 g/mol. The lowest BCUT2D eigenvalue weighted by atomic mass is 10.1. The molecule has 106 valence electrons. The lowest BCUT2D eigenvalue weighted by Gasteiger charge is -2.36. The van der Waals surface area contributed by atoms with Gasteiger partial charge in [-0.2, -0.15) is 0 Å². The molecule has 1 saturated heterocycles. The summed E-state index contributed by atoms with van der Waals surface area (Å²) in [5, 5.41) is 0.971. The molecule has 1 aromatic carbocycles. The first-order valence-electron chi connectivity index (χ1n) is 6.58. The van der Waals surface area contributed by atoms with Crippen molar-refractivity contribution in [1.29, 1.82) is 0 Å². The maximum Gasteiger partial charge on any atom is 0.154 e. The minimum atomic E-state index is -2.94. The summed E-state index contributed by atoms with van der Waals surface area (Å²) in [6.45, 7) is 2.40. The van der Waals surface area contributed by atoms with Crippen molar-refractivity contribution in [3.63, 3.8) is 0 Å². The Morgan fingerprint density at radius 2 is 2.10 bits per heavy atom. The summed E-state index contributed by atoms with van der Waals surface area (Å²) in [4.78, 5) is 6.40. The molecule has 0 aliphatic carbocycles. The third-order valence-electron chi connectivity index (χ3n) is 3.73. The lowest BCUT2D eigenvalue weighted by Crippen LogP contribution is -2.47. The SMILES string of the molecule is CC1CS(=O)(=O)CCN1c1c(N)cnc2ccccc12. The number of nitrogens with zero attached hydrogens (tertiary/aromatic N) is 2. The zero-order chi connectivity index (χ0) is 14.3. The maximum absolute atomic E-state index is 11.7. The van der Waals surface area contributed by atoms with Crippen LogP contribution >= 0.6 is 0 Å². The molecule has 3 rings (SSSR count). The Kier molecular flexibility index (Phi) is 3.05. The minimum absolute atomic E-state index is 0.0816. The second kappa shape index (κ2) is 4.63. The second-order valence-corrected chi connectivity index (χ2v) is 7.46. The quantitative estimate of drug-likeness (QED) is 0.860.